The largest absolute Gasteiger partial charge is 0.507 e. The highest BCUT2D eigenvalue weighted by atomic mass is 16.5. The molecule has 32 heavy (non-hydrogen) atoms. The molecule has 1 aliphatic rings. The Hall–Kier alpha value is -3.99. The molecule has 3 N–H and O–H groups in total. The lowest BCUT2D eigenvalue weighted by Crippen LogP contribution is -2.40. The lowest BCUT2D eigenvalue weighted by atomic mass is 9.73. The summed E-state index contributed by atoms with van der Waals surface area (Å²) in [5.41, 5.74) is 4.39. The molecule has 0 aliphatic carbocycles. The van der Waals surface area contributed by atoms with E-state index in [9.17, 15) is 9.90 Å². The zero-order chi connectivity index (χ0) is 21.8. The van der Waals surface area contributed by atoms with Gasteiger partial charge in [-0.15, -0.1) is 0 Å². The van der Waals surface area contributed by atoms with Crippen molar-refractivity contribution in [3.63, 3.8) is 0 Å². The zero-order valence-electron chi connectivity index (χ0n) is 17.5. The fourth-order valence-electron chi connectivity index (χ4n) is 5.20. The number of aromatic amines is 2. The number of aromatic hydroxyl groups is 1. The number of hydrogen-bond acceptors (Lipinski definition) is 3. The molecule has 6 rings (SSSR count). The van der Waals surface area contributed by atoms with E-state index in [1.54, 1.807) is 18.2 Å². The summed E-state index contributed by atoms with van der Waals surface area (Å²) in [5.74, 6) is -0.472. The molecule has 0 saturated carbocycles. The number of fused-ring (bicyclic) bond motifs is 3. The van der Waals surface area contributed by atoms with E-state index < -0.39 is 5.92 Å². The van der Waals surface area contributed by atoms with Gasteiger partial charge in [-0.1, -0.05) is 42.5 Å². The van der Waals surface area contributed by atoms with Crippen molar-refractivity contribution in [2.75, 3.05) is 0 Å². The summed E-state index contributed by atoms with van der Waals surface area (Å²) in [7, 11) is 0. The van der Waals surface area contributed by atoms with E-state index >= 15 is 0 Å². The molecule has 0 radical (unpaired) electrons. The van der Waals surface area contributed by atoms with Gasteiger partial charge in [0, 0.05) is 40.1 Å². The van der Waals surface area contributed by atoms with Gasteiger partial charge in [0.25, 0.3) is 0 Å². The summed E-state index contributed by atoms with van der Waals surface area (Å²) in [6, 6.07) is 21.2. The summed E-state index contributed by atoms with van der Waals surface area (Å²) < 4.78 is 6.20. The highest BCUT2D eigenvalue weighted by molar-refractivity contribution is 6.05. The van der Waals surface area contributed by atoms with Crippen molar-refractivity contribution in [3.05, 3.63) is 95.8 Å². The van der Waals surface area contributed by atoms with Crippen LogP contribution in [0, 0.1) is 5.92 Å². The molecule has 2 atom stereocenters. The van der Waals surface area contributed by atoms with Crippen LogP contribution in [0.1, 0.15) is 34.3 Å². The highest BCUT2D eigenvalue weighted by Gasteiger charge is 2.44. The molecule has 3 aromatic carbocycles. The number of phenolic OH excluding ortho intramolecular Hbond substituents is 1. The fourth-order valence-corrected chi connectivity index (χ4v) is 5.20. The van der Waals surface area contributed by atoms with Crippen LogP contribution in [0.15, 0.2) is 79.1 Å². The SMILES string of the molecule is C[C@H]1Oc2cccc(O)c2C(=O)[C@H]1C(c1c[nH]c2ccccc12)c1c[nH]c2ccccc12. The third-order valence-electron chi connectivity index (χ3n) is 6.64. The number of aromatic nitrogens is 2. The number of hydrogen-bond donors (Lipinski definition) is 3. The van der Waals surface area contributed by atoms with Gasteiger partial charge in [-0.05, 0) is 42.3 Å². The number of benzene rings is 3. The van der Waals surface area contributed by atoms with Crippen LogP contribution in [0.25, 0.3) is 21.8 Å². The zero-order valence-corrected chi connectivity index (χ0v) is 17.5. The molecule has 5 aromatic rings. The Morgan fingerprint density at radius 1 is 0.844 bits per heavy atom. The number of ether oxygens (including phenoxy) is 1. The molecule has 2 aromatic heterocycles. The van der Waals surface area contributed by atoms with Gasteiger partial charge < -0.3 is 19.8 Å². The normalized spacial score (nSPS) is 18.2. The van der Waals surface area contributed by atoms with E-state index in [4.69, 9.17) is 4.74 Å². The smallest absolute Gasteiger partial charge is 0.178 e. The van der Waals surface area contributed by atoms with Gasteiger partial charge in [-0.3, -0.25) is 4.79 Å². The molecular formula is C27H22N2O3. The maximum absolute atomic E-state index is 13.9. The Labute approximate surface area is 184 Å². The summed E-state index contributed by atoms with van der Waals surface area (Å²) in [6.45, 7) is 1.94. The average molecular weight is 422 g/mol. The molecule has 1 aliphatic heterocycles. The number of rotatable bonds is 3. The second-order valence-corrected chi connectivity index (χ2v) is 8.42. The molecule has 0 saturated heterocycles. The second-order valence-electron chi connectivity index (χ2n) is 8.42. The van der Waals surface area contributed by atoms with Crippen molar-refractivity contribution in [1.29, 1.82) is 0 Å². The van der Waals surface area contributed by atoms with Crippen molar-refractivity contribution in [2.24, 2.45) is 5.92 Å². The van der Waals surface area contributed by atoms with Crippen LogP contribution in [-0.4, -0.2) is 27.0 Å². The lowest BCUT2D eigenvalue weighted by molar-refractivity contribution is 0.0664. The van der Waals surface area contributed by atoms with Crippen molar-refractivity contribution in [1.82, 2.24) is 9.97 Å². The minimum atomic E-state index is -0.505. The van der Waals surface area contributed by atoms with E-state index in [-0.39, 0.29) is 29.1 Å². The standard InChI is InChI=1S/C27H22N2O3/c1-15-24(27(31)26-22(30)11-6-12-23(26)32-15)25(18-13-28-20-9-4-2-7-16(18)20)19-14-29-21-10-5-3-8-17(19)21/h2-15,24-25,28-30H,1H3/t15-,24-/m1/s1. The van der Waals surface area contributed by atoms with E-state index in [1.807, 2.05) is 55.7 Å². The average Bonchev–Trinajstić information content (AvgIpc) is 3.41. The molecule has 0 spiro atoms. The molecule has 0 amide bonds. The first kappa shape index (κ1) is 18.8. The van der Waals surface area contributed by atoms with Crippen LogP contribution in [0.5, 0.6) is 11.5 Å². The predicted molar refractivity (Wildman–Crippen MR) is 124 cm³/mol. The van der Waals surface area contributed by atoms with Crippen LogP contribution in [0.3, 0.4) is 0 Å². The molecule has 0 bridgehead atoms. The van der Waals surface area contributed by atoms with Gasteiger partial charge in [0.15, 0.2) is 5.78 Å². The van der Waals surface area contributed by atoms with Crippen molar-refractivity contribution >= 4 is 27.6 Å². The maximum Gasteiger partial charge on any atom is 0.178 e. The van der Waals surface area contributed by atoms with Crippen molar-refractivity contribution < 1.29 is 14.6 Å². The third kappa shape index (κ3) is 2.67. The van der Waals surface area contributed by atoms with Crippen LogP contribution in [0.4, 0.5) is 0 Å². The molecule has 3 heterocycles. The Morgan fingerprint density at radius 2 is 1.44 bits per heavy atom. The molecule has 158 valence electrons. The Kier molecular flexibility index (Phi) is 4.12. The highest BCUT2D eigenvalue weighted by Crippen LogP contribution is 2.47. The van der Waals surface area contributed by atoms with Crippen LogP contribution in [0.2, 0.25) is 0 Å². The fraction of sp³-hybridized carbons (Fsp3) is 0.148. The lowest BCUT2D eigenvalue weighted by Gasteiger charge is -2.35. The number of nitrogens with one attached hydrogen (secondary N) is 2. The minimum absolute atomic E-state index is 0.0407. The van der Waals surface area contributed by atoms with Gasteiger partial charge in [-0.25, -0.2) is 0 Å². The number of H-pyrrole nitrogens is 2. The van der Waals surface area contributed by atoms with Gasteiger partial charge in [0.2, 0.25) is 0 Å². The number of para-hydroxylation sites is 2. The summed E-state index contributed by atoms with van der Waals surface area (Å²) >= 11 is 0. The van der Waals surface area contributed by atoms with Crippen LogP contribution in [-0.2, 0) is 0 Å². The quantitative estimate of drug-likeness (QED) is 0.346. The minimum Gasteiger partial charge on any atom is -0.507 e. The number of ketones is 1. The van der Waals surface area contributed by atoms with E-state index in [0.717, 1.165) is 32.9 Å². The molecule has 5 nitrogen and oxygen atoms in total. The number of Topliss-reactive ketones (excluding diaryl/α,β-unsaturated/α-hetero) is 1. The molecule has 0 unspecified atom stereocenters. The van der Waals surface area contributed by atoms with Crippen LogP contribution >= 0.6 is 0 Å². The Balaban J connectivity index is 1.61. The predicted octanol–water partition coefficient (Wildman–Crippen LogP) is 5.77. The summed E-state index contributed by atoms with van der Waals surface area (Å²) in [4.78, 5) is 20.6. The molecule has 5 heteroatoms. The van der Waals surface area contributed by atoms with E-state index in [2.05, 4.69) is 22.1 Å². The molecule has 0 fully saturated rings. The van der Waals surface area contributed by atoms with E-state index in [0.29, 0.717) is 5.75 Å². The Bertz CT molecular complexity index is 1400. The van der Waals surface area contributed by atoms with Gasteiger partial charge >= 0.3 is 0 Å². The first-order valence-electron chi connectivity index (χ1n) is 10.8. The van der Waals surface area contributed by atoms with Crippen molar-refractivity contribution in [2.45, 2.75) is 18.9 Å². The molecular weight excluding hydrogens is 400 g/mol. The Morgan fingerprint density at radius 3 is 2.06 bits per heavy atom. The van der Waals surface area contributed by atoms with Gasteiger partial charge in [0.05, 0.1) is 5.92 Å². The topological polar surface area (TPSA) is 78.1 Å². The summed E-state index contributed by atoms with van der Waals surface area (Å²) in [5, 5.41) is 12.7. The van der Waals surface area contributed by atoms with Crippen LogP contribution < -0.4 is 4.74 Å². The summed E-state index contributed by atoms with van der Waals surface area (Å²) in [6.07, 6.45) is 3.62. The van der Waals surface area contributed by atoms with Gasteiger partial charge in [-0.2, -0.15) is 0 Å². The number of phenols is 1. The third-order valence-corrected chi connectivity index (χ3v) is 6.64. The number of carbonyl (C=O) groups is 1. The number of carbonyl (C=O) groups excluding carboxylic acids is 1. The van der Waals surface area contributed by atoms with Crippen molar-refractivity contribution in [3.8, 4) is 11.5 Å². The monoisotopic (exact) mass is 422 g/mol. The second kappa shape index (κ2) is 7.02. The first-order valence-corrected chi connectivity index (χ1v) is 10.8. The first-order chi connectivity index (χ1) is 15.6. The van der Waals surface area contributed by atoms with Gasteiger partial charge in [0.1, 0.15) is 23.2 Å². The van der Waals surface area contributed by atoms with E-state index in [1.165, 1.54) is 0 Å². The maximum atomic E-state index is 13.9.